The van der Waals surface area contributed by atoms with Crippen molar-refractivity contribution in [2.24, 2.45) is 5.92 Å². The molecule has 1 amide bonds. The first-order chi connectivity index (χ1) is 13.1. The minimum atomic E-state index is 0.0266. The van der Waals surface area contributed by atoms with Gasteiger partial charge in [0.05, 0.1) is 5.92 Å². The summed E-state index contributed by atoms with van der Waals surface area (Å²) in [5.74, 6) is 0.0574. The first-order valence-electron chi connectivity index (χ1n) is 10.5. The van der Waals surface area contributed by atoms with Gasteiger partial charge in [0.1, 0.15) is 0 Å². The van der Waals surface area contributed by atoms with Crippen LogP contribution in [-0.2, 0) is 11.2 Å². The molecule has 2 N–H and O–H groups in total. The molecule has 2 rings (SSSR count). The number of anilines is 1. The topological polar surface area (TPSA) is 44.4 Å². The molecule has 1 aromatic carbocycles. The van der Waals surface area contributed by atoms with Crippen LogP contribution in [0.3, 0.4) is 0 Å². The van der Waals surface area contributed by atoms with Crippen LogP contribution in [0.15, 0.2) is 24.3 Å². The van der Waals surface area contributed by atoms with Crippen molar-refractivity contribution in [2.75, 3.05) is 25.5 Å². The molecule has 0 radical (unpaired) electrons. The number of nitrogens with one attached hydrogen (secondary N) is 2. The van der Waals surface area contributed by atoms with Gasteiger partial charge in [0.15, 0.2) is 5.11 Å². The number of thiocarbonyl (C=S) groups is 1. The summed E-state index contributed by atoms with van der Waals surface area (Å²) in [6.45, 7) is 4.13. The molecule has 0 saturated carbocycles. The van der Waals surface area contributed by atoms with Gasteiger partial charge in [0.25, 0.3) is 0 Å². The zero-order valence-corrected chi connectivity index (χ0v) is 17.7. The molecular weight excluding hydrogens is 354 g/mol. The largest absolute Gasteiger partial charge is 0.332 e. The molecule has 1 atom stereocenters. The van der Waals surface area contributed by atoms with Crippen molar-refractivity contribution < 1.29 is 4.79 Å². The lowest BCUT2D eigenvalue weighted by molar-refractivity contribution is -0.125. The van der Waals surface area contributed by atoms with Gasteiger partial charge in [0, 0.05) is 12.2 Å². The number of aryl methyl sites for hydroxylation is 1. The Bertz CT molecular complexity index is 588. The van der Waals surface area contributed by atoms with Gasteiger partial charge in [-0.25, -0.2) is 0 Å². The van der Waals surface area contributed by atoms with Gasteiger partial charge < -0.3 is 15.5 Å². The summed E-state index contributed by atoms with van der Waals surface area (Å²) in [5.41, 5.74) is 2.28. The lowest BCUT2D eigenvalue weighted by atomic mass is 9.98. The summed E-state index contributed by atoms with van der Waals surface area (Å²) >= 11 is 5.31. The molecule has 0 spiro atoms. The summed E-state index contributed by atoms with van der Waals surface area (Å²) in [6.07, 6.45) is 11.1. The average molecular weight is 390 g/mol. The van der Waals surface area contributed by atoms with E-state index < -0.39 is 0 Å². The molecule has 27 heavy (non-hydrogen) atoms. The molecule has 0 aliphatic carbocycles. The lowest BCUT2D eigenvalue weighted by Gasteiger charge is -2.28. The van der Waals surface area contributed by atoms with Gasteiger partial charge in [-0.1, -0.05) is 51.2 Å². The van der Waals surface area contributed by atoms with Crippen LogP contribution in [-0.4, -0.2) is 36.1 Å². The predicted molar refractivity (Wildman–Crippen MR) is 118 cm³/mol. The monoisotopic (exact) mass is 389 g/mol. The standard InChI is InChI=1S/C22H35N3OS/c1-3-4-5-6-7-8-10-18-12-14-20(15-13-18)23-22(27)24-21(26)19-11-9-16-25(2)17-19/h12-15,19H,3-11,16-17H2,1-2H3,(H2,23,24,26,27). The van der Waals surface area contributed by atoms with Crippen LogP contribution < -0.4 is 10.6 Å². The Morgan fingerprint density at radius 3 is 2.56 bits per heavy atom. The number of unbranched alkanes of at least 4 members (excludes halogenated alkanes) is 5. The minimum Gasteiger partial charge on any atom is -0.332 e. The van der Waals surface area contributed by atoms with Crippen molar-refractivity contribution >= 4 is 28.9 Å². The fourth-order valence-corrected chi connectivity index (χ4v) is 3.84. The van der Waals surface area contributed by atoms with E-state index >= 15 is 0 Å². The number of carbonyl (C=O) groups is 1. The molecule has 4 nitrogen and oxygen atoms in total. The van der Waals surface area contributed by atoms with Crippen molar-refractivity contribution in [3.05, 3.63) is 29.8 Å². The number of piperidine rings is 1. The summed E-state index contributed by atoms with van der Waals surface area (Å²) in [5, 5.41) is 6.36. The van der Waals surface area contributed by atoms with E-state index in [1.54, 1.807) is 0 Å². The lowest BCUT2D eigenvalue weighted by Crippen LogP contribution is -2.44. The molecule has 1 aromatic rings. The first-order valence-corrected chi connectivity index (χ1v) is 10.9. The van der Waals surface area contributed by atoms with E-state index in [-0.39, 0.29) is 11.8 Å². The van der Waals surface area contributed by atoms with Gasteiger partial charge in [-0.3, -0.25) is 4.79 Å². The Morgan fingerprint density at radius 1 is 1.15 bits per heavy atom. The molecule has 0 bridgehead atoms. The van der Waals surface area contributed by atoms with Gasteiger partial charge in [-0.15, -0.1) is 0 Å². The molecular formula is C22H35N3OS. The number of amides is 1. The number of hydrogen-bond donors (Lipinski definition) is 2. The van der Waals surface area contributed by atoms with E-state index in [1.807, 2.05) is 12.1 Å². The van der Waals surface area contributed by atoms with E-state index in [9.17, 15) is 4.79 Å². The summed E-state index contributed by atoms with van der Waals surface area (Å²) in [6, 6.07) is 8.38. The number of nitrogens with zero attached hydrogens (tertiary/aromatic N) is 1. The third kappa shape index (κ3) is 8.39. The van der Waals surface area contributed by atoms with E-state index in [0.29, 0.717) is 5.11 Å². The van der Waals surface area contributed by atoms with Crippen molar-refractivity contribution in [3.8, 4) is 0 Å². The molecule has 1 saturated heterocycles. The molecule has 1 aliphatic heterocycles. The van der Waals surface area contributed by atoms with E-state index in [1.165, 1.54) is 44.1 Å². The zero-order chi connectivity index (χ0) is 19.5. The second kappa shape index (κ2) is 12.1. The molecule has 150 valence electrons. The van der Waals surface area contributed by atoms with E-state index in [4.69, 9.17) is 12.2 Å². The van der Waals surface area contributed by atoms with Crippen LogP contribution in [0.5, 0.6) is 0 Å². The van der Waals surface area contributed by atoms with Crippen molar-refractivity contribution in [2.45, 2.75) is 64.7 Å². The minimum absolute atomic E-state index is 0.0266. The SMILES string of the molecule is CCCCCCCCc1ccc(NC(=S)NC(=O)C2CCCN(C)C2)cc1. The Kier molecular flexibility index (Phi) is 9.78. The maximum Gasteiger partial charge on any atom is 0.230 e. The molecule has 1 heterocycles. The maximum atomic E-state index is 12.3. The number of hydrogen-bond acceptors (Lipinski definition) is 3. The highest BCUT2D eigenvalue weighted by Gasteiger charge is 2.24. The third-order valence-electron chi connectivity index (χ3n) is 5.26. The quantitative estimate of drug-likeness (QED) is 0.473. The number of rotatable bonds is 9. The third-order valence-corrected chi connectivity index (χ3v) is 5.47. The van der Waals surface area contributed by atoms with Crippen LogP contribution in [0, 0.1) is 5.92 Å². The second-order valence-electron chi connectivity index (χ2n) is 7.76. The number of likely N-dealkylation sites (tertiary alicyclic amines) is 1. The highest BCUT2D eigenvalue weighted by atomic mass is 32.1. The zero-order valence-electron chi connectivity index (χ0n) is 16.9. The number of carbonyl (C=O) groups excluding carboxylic acids is 1. The van der Waals surface area contributed by atoms with Gasteiger partial charge in [-0.05, 0) is 69.2 Å². The highest BCUT2D eigenvalue weighted by molar-refractivity contribution is 7.80. The Hall–Kier alpha value is -1.46. The molecule has 1 aliphatic rings. The average Bonchev–Trinajstić information content (AvgIpc) is 2.66. The Balaban J connectivity index is 1.69. The normalized spacial score (nSPS) is 17.5. The summed E-state index contributed by atoms with van der Waals surface area (Å²) in [7, 11) is 2.06. The fraction of sp³-hybridized carbons (Fsp3) is 0.636. The maximum absolute atomic E-state index is 12.3. The highest BCUT2D eigenvalue weighted by Crippen LogP contribution is 2.16. The van der Waals surface area contributed by atoms with Crippen LogP contribution in [0.25, 0.3) is 0 Å². The van der Waals surface area contributed by atoms with Crippen LogP contribution in [0.2, 0.25) is 0 Å². The summed E-state index contributed by atoms with van der Waals surface area (Å²) in [4.78, 5) is 14.5. The fourth-order valence-electron chi connectivity index (χ4n) is 3.62. The van der Waals surface area contributed by atoms with Gasteiger partial charge in [0.2, 0.25) is 5.91 Å². The smallest absolute Gasteiger partial charge is 0.230 e. The van der Waals surface area contributed by atoms with Crippen molar-refractivity contribution in [3.63, 3.8) is 0 Å². The van der Waals surface area contributed by atoms with Crippen LogP contribution >= 0.6 is 12.2 Å². The van der Waals surface area contributed by atoms with Crippen molar-refractivity contribution in [1.82, 2.24) is 10.2 Å². The Labute approximate surface area is 170 Å². The first kappa shape index (κ1) is 21.8. The summed E-state index contributed by atoms with van der Waals surface area (Å²) < 4.78 is 0. The van der Waals surface area contributed by atoms with E-state index in [0.717, 1.165) is 38.0 Å². The molecule has 1 fully saturated rings. The van der Waals surface area contributed by atoms with Gasteiger partial charge >= 0.3 is 0 Å². The molecule has 0 aromatic heterocycles. The second-order valence-corrected chi connectivity index (χ2v) is 8.17. The van der Waals surface area contributed by atoms with Crippen molar-refractivity contribution in [1.29, 1.82) is 0 Å². The van der Waals surface area contributed by atoms with Gasteiger partial charge in [-0.2, -0.15) is 0 Å². The molecule has 5 heteroatoms. The Morgan fingerprint density at radius 2 is 1.85 bits per heavy atom. The predicted octanol–water partition coefficient (Wildman–Crippen LogP) is 4.74. The molecule has 1 unspecified atom stereocenters. The van der Waals surface area contributed by atoms with Crippen LogP contribution in [0.4, 0.5) is 5.69 Å². The van der Waals surface area contributed by atoms with E-state index in [2.05, 4.69) is 41.6 Å². The van der Waals surface area contributed by atoms with Crippen LogP contribution in [0.1, 0.15) is 63.9 Å². The number of benzene rings is 1.